The highest BCUT2D eigenvalue weighted by atomic mass is 32.1. The van der Waals surface area contributed by atoms with Crippen LogP contribution in [0.1, 0.15) is 26.9 Å². The molecule has 0 fully saturated rings. The van der Waals surface area contributed by atoms with E-state index >= 15 is 0 Å². The largest absolute Gasteiger partial charge is 0.305 e. The minimum absolute atomic E-state index is 0.444. The van der Waals surface area contributed by atoms with E-state index in [0.29, 0.717) is 6.04 Å². The number of aryl methyl sites for hydroxylation is 1. The average molecular weight is 235 g/mol. The van der Waals surface area contributed by atoms with Gasteiger partial charge in [0.1, 0.15) is 0 Å². The second-order valence-electron chi connectivity index (χ2n) is 3.90. The van der Waals surface area contributed by atoms with Crippen LogP contribution < -0.4 is 5.32 Å². The third-order valence-corrected chi connectivity index (χ3v) is 5.04. The van der Waals surface area contributed by atoms with Crippen molar-refractivity contribution in [2.75, 3.05) is 6.54 Å². The Kier molecular flexibility index (Phi) is 2.39. The van der Waals surface area contributed by atoms with Gasteiger partial charge in [0.05, 0.1) is 6.04 Å². The first-order valence-electron chi connectivity index (χ1n) is 5.20. The smallest absolute Gasteiger partial charge is 0.0684 e. The van der Waals surface area contributed by atoms with Crippen LogP contribution in [0.15, 0.2) is 22.9 Å². The standard InChI is InChI=1S/C12H13NS2/c1-8-3-6-15-12(8)11-9-4-7-14-10(9)2-5-13-11/h3-4,6-7,11,13H,2,5H2,1H3. The highest BCUT2D eigenvalue weighted by Gasteiger charge is 2.23. The molecule has 2 aromatic heterocycles. The van der Waals surface area contributed by atoms with Crippen molar-refractivity contribution in [2.45, 2.75) is 19.4 Å². The van der Waals surface area contributed by atoms with Gasteiger partial charge in [0.25, 0.3) is 0 Å². The SMILES string of the molecule is Cc1ccsc1C1NCCc2sccc21. The summed E-state index contributed by atoms with van der Waals surface area (Å²) in [4.78, 5) is 3.04. The van der Waals surface area contributed by atoms with Gasteiger partial charge in [-0.3, -0.25) is 0 Å². The molecule has 0 saturated heterocycles. The molecule has 0 spiro atoms. The van der Waals surface area contributed by atoms with Gasteiger partial charge in [0, 0.05) is 16.3 Å². The Bertz CT molecular complexity index is 469. The molecule has 78 valence electrons. The lowest BCUT2D eigenvalue weighted by Crippen LogP contribution is -2.29. The molecule has 1 aliphatic rings. The van der Waals surface area contributed by atoms with Crippen LogP contribution in [0.4, 0.5) is 0 Å². The lowest BCUT2D eigenvalue weighted by molar-refractivity contribution is 0.580. The van der Waals surface area contributed by atoms with Crippen LogP contribution in [-0.2, 0) is 6.42 Å². The second-order valence-corrected chi connectivity index (χ2v) is 5.85. The maximum Gasteiger partial charge on any atom is 0.0684 e. The van der Waals surface area contributed by atoms with Crippen LogP contribution in [0.3, 0.4) is 0 Å². The van der Waals surface area contributed by atoms with Gasteiger partial charge in [-0.1, -0.05) is 0 Å². The second kappa shape index (κ2) is 3.74. The number of hydrogen-bond donors (Lipinski definition) is 1. The average Bonchev–Trinajstić information content (AvgIpc) is 2.85. The molecule has 15 heavy (non-hydrogen) atoms. The van der Waals surface area contributed by atoms with Crippen LogP contribution in [0.25, 0.3) is 0 Å². The molecule has 3 heterocycles. The highest BCUT2D eigenvalue weighted by Crippen LogP contribution is 2.35. The van der Waals surface area contributed by atoms with Crippen molar-refractivity contribution in [1.29, 1.82) is 0 Å². The van der Waals surface area contributed by atoms with Crippen LogP contribution in [-0.4, -0.2) is 6.54 Å². The molecule has 1 N–H and O–H groups in total. The van der Waals surface area contributed by atoms with E-state index in [1.165, 1.54) is 22.4 Å². The summed E-state index contributed by atoms with van der Waals surface area (Å²) in [6, 6.07) is 4.93. The van der Waals surface area contributed by atoms with Gasteiger partial charge < -0.3 is 5.32 Å². The summed E-state index contributed by atoms with van der Waals surface area (Å²) in [5.74, 6) is 0. The molecular weight excluding hydrogens is 222 g/mol. The summed E-state index contributed by atoms with van der Waals surface area (Å²) in [5, 5.41) is 8.03. The Hall–Kier alpha value is -0.640. The van der Waals surface area contributed by atoms with Gasteiger partial charge in [0.15, 0.2) is 0 Å². The van der Waals surface area contributed by atoms with E-state index in [-0.39, 0.29) is 0 Å². The lowest BCUT2D eigenvalue weighted by atomic mass is 9.99. The van der Waals surface area contributed by atoms with E-state index < -0.39 is 0 Å². The van der Waals surface area contributed by atoms with E-state index in [1.807, 2.05) is 22.7 Å². The highest BCUT2D eigenvalue weighted by molar-refractivity contribution is 7.10. The van der Waals surface area contributed by atoms with Gasteiger partial charge in [-0.15, -0.1) is 22.7 Å². The monoisotopic (exact) mass is 235 g/mol. The fourth-order valence-corrected chi connectivity index (χ4v) is 4.10. The molecule has 1 aliphatic heterocycles. The third kappa shape index (κ3) is 1.55. The predicted octanol–water partition coefficient (Wildman–Crippen LogP) is 3.35. The number of nitrogens with one attached hydrogen (secondary N) is 1. The van der Waals surface area contributed by atoms with Crippen molar-refractivity contribution < 1.29 is 0 Å². The molecule has 1 unspecified atom stereocenters. The van der Waals surface area contributed by atoms with Gasteiger partial charge in [-0.2, -0.15) is 0 Å². The van der Waals surface area contributed by atoms with Crippen LogP contribution in [0.2, 0.25) is 0 Å². The molecule has 1 atom stereocenters. The third-order valence-electron chi connectivity index (χ3n) is 2.96. The molecule has 0 bridgehead atoms. The molecule has 0 saturated carbocycles. The van der Waals surface area contributed by atoms with E-state index in [4.69, 9.17) is 0 Å². The lowest BCUT2D eigenvalue weighted by Gasteiger charge is -2.24. The van der Waals surface area contributed by atoms with E-state index in [0.717, 1.165) is 6.54 Å². The van der Waals surface area contributed by atoms with Crippen molar-refractivity contribution in [1.82, 2.24) is 5.32 Å². The fraction of sp³-hybridized carbons (Fsp3) is 0.333. The Morgan fingerprint density at radius 1 is 1.27 bits per heavy atom. The van der Waals surface area contributed by atoms with Crippen molar-refractivity contribution in [2.24, 2.45) is 0 Å². The zero-order valence-corrected chi connectivity index (χ0v) is 10.3. The molecule has 0 amide bonds. The molecule has 3 heteroatoms. The summed E-state index contributed by atoms with van der Waals surface area (Å²) < 4.78 is 0. The topological polar surface area (TPSA) is 12.0 Å². The van der Waals surface area contributed by atoms with Gasteiger partial charge in [-0.05, 0) is 47.4 Å². The molecule has 2 aromatic rings. The molecule has 0 radical (unpaired) electrons. The first kappa shape index (κ1) is 9.58. The van der Waals surface area contributed by atoms with E-state index in [2.05, 4.69) is 35.1 Å². The van der Waals surface area contributed by atoms with E-state index in [1.54, 1.807) is 4.88 Å². The molecule has 0 aliphatic carbocycles. The number of fused-ring (bicyclic) bond motifs is 1. The molecular formula is C12H13NS2. The number of rotatable bonds is 1. The van der Waals surface area contributed by atoms with Crippen molar-refractivity contribution in [3.63, 3.8) is 0 Å². The quantitative estimate of drug-likeness (QED) is 0.799. The number of hydrogen-bond acceptors (Lipinski definition) is 3. The normalized spacial score (nSPS) is 20.2. The molecule has 1 nitrogen and oxygen atoms in total. The first-order valence-corrected chi connectivity index (χ1v) is 6.96. The minimum atomic E-state index is 0.444. The first-order chi connectivity index (χ1) is 7.36. The maximum atomic E-state index is 3.62. The van der Waals surface area contributed by atoms with Crippen LogP contribution in [0, 0.1) is 6.92 Å². The zero-order valence-electron chi connectivity index (χ0n) is 8.62. The van der Waals surface area contributed by atoms with Crippen LogP contribution in [0.5, 0.6) is 0 Å². The summed E-state index contributed by atoms with van der Waals surface area (Å²) >= 11 is 3.76. The fourth-order valence-electron chi connectivity index (χ4n) is 2.17. The van der Waals surface area contributed by atoms with Gasteiger partial charge >= 0.3 is 0 Å². The minimum Gasteiger partial charge on any atom is -0.305 e. The summed E-state index contributed by atoms with van der Waals surface area (Å²) in [6.45, 7) is 3.31. The van der Waals surface area contributed by atoms with Gasteiger partial charge in [0.2, 0.25) is 0 Å². The summed E-state index contributed by atoms with van der Waals surface area (Å²) in [7, 11) is 0. The molecule has 0 aromatic carbocycles. The van der Waals surface area contributed by atoms with Crippen molar-refractivity contribution in [3.05, 3.63) is 43.8 Å². The Morgan fingerprint density at radius 3 is 2.93 bits per heavy atom. The van der Waals surface area contributed by atoms with Crippen LogP contribution >= 0.6 is 22.7 Å². The van der Waals surface area contributed by atoms with Gasteiger partial charge in [-0.25, -0.2) is 0 Å². The Balaban J connectivity index is 2.07. The zero-order chi connectivity index (χ0) is 10.3. The Morgan fingerprint density at radius 2 is 2.13 bits per heavy atom. The number of thiophene rings is 2. The van der Waals surface area contributed by atoms with Crippen molar-refractivity contribution >= 4 is 22.7 Å². The Labute approximate surface area is 97.8 Å². The maximum absolute atomic E-state index is 3.62. The summed E-state index contributed by atoms with van der Waals surface area (Å²) in [6.07, 6.45) is 1.19. The summed E-state index contributed by atoms with van der Waals surface area (Å²) in [5.41, 5.74) is 2.91. The molecule has 3 rings (SSSR count). The predicted molar refractivity (Wildman–Crippen MR) is 66.9 cm³/mol. The van der Waals surface area contributed by atoms with Crippen molar-refractivity contribution in [3.8, 4) is 0 Å². The van der Waals surface area contributed by atoms with E-state index in [9.17, 15) is 0 Å².